The molecule has 0 N–H and O–H groups in total. The van der Waals surface area contributed by atoms with E-state index in [1.54, 1.807) is 17.7 Å². The van der Waals surface area contributed by atoms with E-state index < -0.39 is 5.97 Å². The Balaban J connectivity index is 1.55. The van der Waals surface area contributed by atoms with Gasteiger partial charge in [-0.25, -0.2) is 4.79 Å². The van der Waals surface area contributed by atoms with Crippen LogP contribution in [0.25, 0.3) is 11.3 Å². The molecule has 1 aliphatic heterocycles. The Kier molecular flexibility index (Phi) is 5.62. The van der Waals surface area contributed by atoms with Gasteiger partial charge in [0.25, 0.3) is 0 Å². The van der Waals surface area contributed by atoms with Crippen molar-refractivity contribution in [3.8, 4) is 11.3 Å². The van der Waals surface area contributed by atoms with Crippen LogP contribution in [0.2, 0.25) is 5.02 Å². The van der Waals surface area contributed by atoms with Crippen LogP contribution in [0, 0.1) is 0 Å². The summed E-state index contributed by atoms with van der Waals surface area (Å²) in [5.74, 6) is -0.436. The molecule has 0 fully saturated rings. The first-order chi connectivity index (χ1) is 14.1. The van der Waals surface area contributed by atoms with Crippen molar-refractivity contribution in [3.63, 3.8) is 0 Å². The van der Waals surface area contributed by atoms with Crippen LogP contribution in [-0.4, -0.2) is 34.2 Å². The molecular formula is C22H20ClN3O3. The van der Waals surface area contributed by atoms with Crippen molar-refractivity contribution in [1.29, 1.82) is 0 Å². The second-order valence-electron chi connectivity index (χ2n) is 6.66. The van der Waals surface area contributed by atoms with E-state index in [1.807, 2.05) is 54.6 Å². The molecule has 3 aromatic rings. The number of aromatic nitrogens is 2. The first-order valence-corrected chi connectivity index (χ1v) is 9.81. The van der Waals surface area contributed by atoms with Gasteiger partial charge in [0.2, 0.25) is 0 Å². The summed E-state index contributed by atoms with van der Waals surface area (Å²) in [7, 11) is 0. The van der Waals surface area contributed by atoms with Gasteiger partial charge in [-0.15, -0.1) is 0 Å². The number of hydrogen-bond donors (Lipinski definition) is 0. The molecule has 0 aliphatic carbocycles. The first-order valence-electron chi connectivity index (χ1n) is 9.43. The summed E-state index contributed by atoms with van der Waals surface area (Å²) >= 11 is 5.96. The van der Waals surface area contributed by atoms with E-state index in [2.05, 4.69) is 10.3 Å². The lowest BCUT2D eigenvalue weighted by molar-refractivity contribution is 0.0513. The highest BCUT2D eigenvalue weighted by molar-refractivity contribution is 6.30. The standard InChI is InChI=1S/C22H20ClN3O3/c1-2-28-22(27)20-13-21(16-6-4-3-5-7-16)26(24-20)14-18-12-19(25-29-18)15-8-10-17(23)11-9-15/h3-11,13,18H,2,12,14H2,1H3. The van der Waals surface area contributed by atoms with E-state index in [-0.39, 0.29) is 11.8 Å². The van der Waals surface area contributed by atoms with Crippen LogP contribution in [0.1, 0.15) is 29.4 Å². The van der Waals surface area contributed by atoms with Crippen molar-refractivity contribution in [2.45, 2.75) is 26.0 Å². The molecule has 0 saturated carbocycles. The zero-order valence-electron chi connectivity index (χ0n) is 15.9. The number of oxime groups is 1. The molecule has 1 aromatic heterocycles. The van der Waals surface area contributed by atoms with Crippen LogP contribution in [0.4, 0.5) is 0 Å². The van der Waals surface area contributed by atoms with Crippen molar-refractivity contribution >= 4 is 23.3 Å². The molecule has 2 heterocycles. The van der Waals surface area contributed by atoms with Gasteiger partial charge in [0.15, 0.2) is 11.8 Å². The zero-order chi connectivity index (χ0) is 20.2. The minimum atomic E-state index is -0.436. The minimum absolute atomic E-state index is 0.182. The maximum atomic E-state index is 12.2. The number of hydrogen-bond acceptors (Lipinski definition) is 5. The lowest BCUT2D eigenvalue weighted by atomic mass is 10.1. The second-order valence-corrected chi connectivity index (χ2v) is 7.10. The fraction of sp³-hybridized carbons (Fsp3) is 0.227. The number of rotatable bonds is 6. The third-order valence-corrected chi connectivity index (χ3v) is 4.87. The molecule has 1 unspecified atom stereocenters. The van der Waals surface area contributed by atoms with Gasteiger partial charge in [0.1, 0.15) is 0 Å². The number of carbonyl (C=O) groups is 1. The highest BCUT2D eigenvalue weighted by atomic mass is 35.5. The molecule has 0 saturated heterocycles. The van der Waals surface area contributed by atoms with Gasteiger partial charge in [-0.05, 0) is 36.2 Å². The smallest absolute Gasteiger partial charge is 0.358 e. The van der Waals surface area contributed by atoms with Crippen molar-refractivity contribution in [3.05, 3.63) is 76.9 Å². The summed E-state index contributed by atoms with van der Waals surface area (Å²) in [5, 5.41) is 9.38. The third-order valence-electron chi connectivity index (χ3n) is 4.62. The maximum Gasteiger partial charge on any atom is 0.358 e. The van der Waals surface area contributed by atoms with Gasteiger partial charge in [-0.1, -0.05) is 59.2 Å². The Hall–Kier alpha value is -3.12. The van der Waals surface area contributed by atoms with Crippen molar-refractivity contribution in [2.75, 3.05) is 6.61 Å². The Bertz CT molecular complexity index is 1030. The number of ether oxygens (including phenoxy) is 1. The van der Waals surface area contributed by atoms with Gasteiger partial charge in [-0.3, -0.25) is 4.68 Å². The van der Waals surface area contributed by atoms with E-state index in [4.69, 9.17) is 21.2 Å². The van der Waals surface area contributed by atoms with Crippen LogP contribution in [-0.2, 0) is 16.1 Å². The Labute approximate surface area is 173 Å². The monoisotopic (exact) mass is 409 g/mol. The van der Waals surface area contributed by atoms with Crippen molar-refractivity contribution < 1.29 is 14.4 Å². The summed E-state index contributed by atoms with van der Waals surface area (Å²) in [6.07, 6.45) is 0.461. The van der Waals surface area contributed by atoms with E-state index in [1.165, 1.54) is 0 Å². The molecule has 0 radical (unpaired) electrons. The summed E-state index contributed by atoms with van der Waals surface area (Å²) in [6, 6.07) is 19.1. The molecule has 1 aliphatic rings. The normalized spacial score (nSPS) is 15.7. The number of benzene rings is 2. The highest BCUT2D eigenvalue weighted by Crippen LogP contribution is 2.24. The van der Waals surface area contributed by atoms with Gasteiger partial charge in [-0.2, -0.15) is 5.10 Å². The van der Waals surface area contributed by atoms with Crippen LogP contribution < -0.4 is 0 Å². The lowest BCUT2D eigenvalue weighted by Crippen LogP contribution is -2.19. The summed E-state index contributed by atoms with van der Waals surface area (Å²) < 4.78 is 6.89. The quantitative estimate of drug-likeness (QED) is 0.559. The minimum Gasteiger partial charge on any atom is -0.461 e. The topological polar surface area (TPSA) is 65.7 Å². The van der Waals surface area contributed by atoms with Gasteiger partial charge in [0.05, 0.1) is 24.6 Å². The molecular weight excluding hydrogens is 390 g/mol. The van der Waals surface area contributed by atoms with Gasteiger partial charge in [0, 0.05) is 11.4 Å². The molecule has 1 atom stereocenters. The third kappa shape index (κ3) is 4.32. The van der Waals surface area contributed by atoms with Crippen molar-refractivity contribution in [2.24, 2.45) is 5.16 Å². The molecule has 148 valence electrons. The number of nitrogens with zero attached hydrogens (tertiary/aromatic N) is 3. The Morgan fingerprint density at radius 3 is 2.66 bits per heavy atom. The van der Waals surface area contributed by atoms with Gasteiger partial charge < -0.3 is 9.57 Å². The maximum absolute atomic E-state index is 12.2. The molecule has 0 spiro atoms. The number of carbonyl (C=O) groups excluding carboxylic acids is 1. The fourth-order valence-corrected chi connectivity index (χ4v) is 3.36. The predicted molar refractivity (Wildman–Crippen MR) is 111 cm³/mol. The Morgan fingerprint density at radius 2 is 1.93 bits per heavy atom. The molecule has 29 heavy (non-hydrogen) atoms. The fourth-order valence-electron chi connectivity index (χ4n) is 3.23. The van der Waals surface area contributed by atoms with Crippen molar-refractivity contribution in [1.82, 2.24) is 9.78 Å². The average molecular weight is 410 g/mol. The van der Waals surface area contributed by atoms with Crippen LogP contribution in [0.5, 0.6) is 0 Å². The van der Waals surface area contributed by atoms with E-state index in [9.17, 15) is 4.79 Å². The van der Waals surface area contributed by atoms with Crippen LogP contribution in [0.3, 0.4) is 0 Å². The highest BCUT2D eigenvalue weighted by Gasteiger charge is 2.25. The zero-order valence-corrected chi connectivity index (χ0v) is 16.7. The lowest BCUT2D eigenvalue weighted by Gasteiger charge is -2.11. The first kappa shape index (κ1) is 19.2. The van der Waals surface area contributed by atoms with Gasteiger partial charge >= 0.3 is 5.97 Å². The SMILES string of the molecule is CCOC(=O)c1cc(-c2ccccc2)n(CC2CC(c3ccc(Cl)cc3)=NO2)n1. The molecule has 0 amide bonds. The molecule has 0 bridgehead atoms. The second kappa shape index (κ2) is 8.49. The molecule has 7 heteroatoms. The summed E-state index contributed by atoms with van der Waals surface area (Å²) in [6.45, 7) is 2.54. The number of halogens is 1. The molecule has 4 rings (SSSR count). The van der Waals surface area contributed by atoms with E-state index >= 15 is 0 Å². The number of esters is 1. The predicted octanol–water partition coefficient (Wildman–Crippen LogP) is 4.57. The average Bonchev–Trinajstić information content (AvgIpc) is 3.37. The largest absolute Gasteiger partial charge is 0.461 e. The summed E-state index contributed by atoms with van der Waals surface area (Å²) in [4.78, 5) is 17.8. The Morgan fingerprint density at radius 1 is 1.17 bits per heavy atom. The van der Waals surface area contributed by atoms with Crippen LogP contribution >= 0.6 is 11.6 Å². The van der Waals surface area contributed by atoms with Crippen LogP contribution in [0.15, 0.2) is 65.8 Å². The molecule has 6 nitrogen and oxygen atoms in total. The van der Waals surface area contributed by atoms with E-state index in [0.717, 1.165) is 22.5 Å². The summed E-state index contributed by atoms with van der Waals surface area (Å²) in [5.41, 5.74) is 3.92. The molecule has 2 aromatic carbocycles. The van der Waals surface area contributed by atoms with E-state index in [0.29, 0.717) is 24.6 Å².